The highest BCUT2D eigenvalue weighted by Gasteiger charge is 2.54. The van der Waals surface area contributed by atoms with Crippen molar-refractivity contribution in [1.82, 2.24) is 34.7 Å². The lowest BCUT2D eigenvalue weighted by Crippen LogP contribution is -2.26. The van der Waals surface area contributed by atoms with Crippen molar-refractivity contribution in [3.8, 4) is 28.1 Å². The first-order chi connectivity index (χ1) is 17.9. The molecule has 3 unspecified atom stereocenters. The lowest BCUT2D eigenvalue weighted by Gasteiger charge is -2.18. The van der Waals surface area contributed by atoms with Crippen molar-refractivity contribution >= 4 is 28.9 Å². The number of hydrogen-bond donors (Lipinski definition) is 2. The van der Waals surface area contributed by atoms with E-state index in [-0.39, 0.29) is 39.7 Å². The maximum absolute atomic E-state index is 14.8. The van der Waals surface area contributed by atoms with Crippen LogP contribution in [0.2, 0.25) is 10.0 Å². The third-order valence-corrected chi connectivity index (χ3v) is 7.76. The fourth-order valence-electron chi connectivity index (χ4n) is 5.37. The zero-order valence-electron chi connectivity index (χ0n) is 18.9. The third-order valence-electron chi connectivity index (χ3n) is 7.14. The Kier molecular flexibility index (Phi) is 4.79. The van der Waals surface area contributed by atoms with Gasteiger partial charge in [0.1, 0.15) is 12.2 Å². The number of imidazole rings is 1. The molecule has 3 aromatic heterocycles. The van der Waals surface area contributed by atoms with Gasteiger partial charge in [-0.05, 0) is 64.7 Å². The molecule has 0 spiro atoms. The van der Waals surface area contributed by atoms with E-state index in [2.05, 4.69) is 25.5 Å². The van der Waals surface area contributed by atoms with Crippen LogP contribution in [0.4, 0.5) is 10.1 Å². The van der Waals surface area contributed by atoms with Crippen molar-refractivity contribution in [2.45, 2.75) is 18.4 Å². The van der Waals surface area contributed by atoms with Crippen molar-refractivity contribution in [1.29, 1.82) is 0 Å². The second-order valence-corrected chi connectivity index (χ2v) is 10.1. The summed E-state index contributed by atoms with van der Waals surface area (Å²) in [4.78, 5) is 21.2. The number of nitrogen functional groups attached to an aromatic ring is 1. The molecular weight excluding hydrogens is 518 g/mol. The van der Waals surface area contributed by atoms with Crippen LogP contribution in [0.5, 0.6) is 0 Å². The molecule has 0 bridgehead atoms. The summed E-state index contributed by atoms with van der Waals surface area (Å²) >= 11 is 12.3. The number of nitrogens with one attached hydrogen (secondary N) is 1. The fraction of sp³-hybridized carbons (Fsp3) is 0.160. The summed E-state index contributed by atoms with van der Waals surface area (Å²) in [5.41, 5.74) is 9.57. The van der Waals surface area contributed by atoms with Crippen molar-refractivity contribution in [3.63, 3.8) is 0 Å². The van der Waals surface area contributed by atoms with Crippen LogP contribution in [0.3, 0.4) is 0 Å². The number of anilines is 1. The molecule has 3 N–H and O–H groups in total. The Bertz CT molecular complexity index is 1760. The van der Waals surface area contributed by atoms with Crippen LogP contribution in [0.25, 0.3) is 28.1 Å². The van der Waals surface area contributed by atoms with Gasteiger partial charge < -0.3 is 15.3 Å². The molecule has 5 aromatic rings. The van der Waals surface area contributed by atoms with Crippen molar-refractivity contribution < 1.29 is 4.39 Å². The molecule has 0 amide bonds. The number of benzene rings is 2. The summed E-state index contributed by atoms with van der Waals surface area (Å²) in [5.74, 6) is 0.431. The molecule has 1 fully saturated rings. The van der Waals surface area contributed by atoms with Gasteiger partial charge in [0.2, 0.25) is 0 Å². The zero-order chi connectivity index (χ0) is 25.4. The molecule has 7 rings (SSSR count). The minimum Gasteiger partial charge on any atom is -0.397 e. The molecule has 0 saturated heterocycles. The van der Waals surface area contributed by atoms with Crippen LogP contribution in [-0.4, -0.2) is 34.7 Å². The van der Waals surface area contributed by atoms with E-state index in [4.69, 9.17) is 28.9 Å². The smallest absolute Gasteiger partial charge is 0.252 e. The van der Waals surface area contributed by atoms with E-state index in [1.807, 2.05) is 12.1 Å². The highest BCUT2D eigenvalue weighted by atomic mass is 35.5. The quantitative estimate of drug-likeness (QED) is 0.324. The standard InChI is InChI=1S/C25H17Cl2FN8O/c26-12-1-4-19(35-10-31-33-34-35)14(7-12)11-5-20-15-8-16(15)24(36(20)21(37)6-11)25-30-9-18(32-25)13-2-3-17(29)22(27)23(13)28/h1-7,9-10,15-16,24H,8,29H2,(H,30,32). The Morgan fingerprint density at radius 1 is 1.11 bits per heavy atom. The number of aromatic amines is 1. The topological polar surface area (TPSA) is 120 Å². The molecule has 4 heterocycles. The largest absolute Gasteiger partial charge is 0.397 e. The van der Waals surface area contributed by atoms with Gasteiger partial charge in [-0.25, -0.2) is 9.37 Å². The van der Waals surface area contributed by atoms with Crippen molar-refractivity contribution in [3.05, 3.63) is 92.7 Å². The second-order valence-electron chi connectivity index (χ2n) is 9.26. The zero-order valence-corrected chi connectivity index (χ0v) is 20.4. The van der Waals surface area contributed by atoms with Crippen LogP contribution in [-0.2, 0) is 0 Å². The Balaban J connectivity index is 1.31. The molecule has 9 nitrogen and oxygen atoms in total. The molecule has 2 aromatic carbocycles. The summed E-state index contributed by atoms with van der Waals surface area (Å²) in [5, 5.41) is 11.8. The van der Waals surface area contributed by atoms with E-state index in [0.29, 0.717) is 22.2 Å². The molecule has 1 aliphatic carbocycles. The summed E-state index contributed by atoms with van der Waals surface area (Å²) in [7, 11) is 0. The van der Waals surface area contributed by atoms with E-state index in [1.54, 1.807) is 41.1 Å². The first-order valence-electron chi connectivity index (χ1n) is 11.5. The predicted octanol–water partition coefficient (Wildman–Crippen LogP) is 4.62. The molecule has 1 aliphatic heterocycles. The summed E-state index contributed by atoms with van der Waals surface area (Å²) < 4.78 is 18.1. The Hall–Kier alpha value is -4.02. The number of fused-ring (bicyclic) bond motifs is 3. The molecule has 3 atom stereocenters. The van der Waals surface area contributed by atoms with Gasteiger partial charge in [0.15, 0.2) is 5.82 Å². The number of aromatic nitrogens is 7. The maximum Gasteiger partial charge on any atom is 0.252 e. The number of hydrogen-bond acceptors (Lipinski definition) is 6. The molecule has 1 saturated carbocycles. The molecule has 0 radical (unpaired) electrons. The molecule has 184 valence electrons. The minimum absolute atomic E-state index is 0.132. The monoisotopic (exact) mass is 534 g/mol. The molecule has 12 heteroatoms. The molecule has 2 aliphatic rings. The molecular formula is C25H17Cl2FN8O. The van der Waals surface area contributed by atoms with E-state index < -0.39 is 5.82 Å². The Labute approximate surface area is 218 Å². The Morgan fingerprint density at radius 3 is 2.78 bits per heavy atom. The first kappa shape index (κ1) is 22.2. The highest BCUT2D eigenvalue weighted by molar-refractivity contribution is 6.33. The summed E-state index contributed by atoms with van der Waals surface area (Å²) in [6.07, 6.45) is 3.98. The van der Waals surface area contributed by atoms with Gasteiger partial charge in [0.25, 0.3) is 5.56 Å². The summed E-state index contributed by atoms with van der Waals surface area (Å²) in [6, 6.07) is 11.8. The van der Waals surface area contributed by atoms with Gasteiger partial charge in [-0.1, -0.05) is 23.2 Å². The third kappa shape index (κ3) is 3.40. The fourth-order valence-corrected chi connectivity index (χ4v) is 5.70. The van der Waals surface area contributed by atoms with Crippen molar-refractivity contribution in [2.75, 3.05) is 5.73 Å². The first-order valence-corrected chi connectivity index (χ1v) is 12.2. The van der Waals surface area contributed by atoms with Gasteiger partial charge >= 0.3 is 0 Å². The van der Waals surface area contributed by atoms with E-state index in [9.17, 15) is 9.18 Å². The van der Waals surface area contributed by atoms with Crippen LogP contribution >= 0.6 is 23.2 Å². The highest BCUT2D eigenvalue weighted by Crippen LogP contribution is 2.60. The van der Waals surface area contributed by atoms with Gasteiger partial charge in [-0.15, -0.1) is 5.10 Å². The number of nitrogens with zero attached hydrogens (tertiary/aromatic N) is 6. The number of H-pyrrole nitrogens is 1. The predicted molar refractivity (Wildman–Crippen MR) is 136 cm³/mol. The van der Waals surface area contributed by atoms with Crippen LogP contribution in [0.15, 0.2) is 59.8 Å². The SMILES string of the molecule is Nc1ccc(-c2cnc(C3C4CC4c4cc(-c5cc(Cl)ccc5-n5cnnn5)cc(=O)n43)[nH]2)c(F)c1Cl. The van der Waals surface area contributed by atoms with Gasteiger partial charge in [-0.2, -0.15) is 4.68 Å². The number of pyridine rings is 1. The minimum atomic E-state index is -0.616. The number of tetrazole rings is 1. The second kappa shape index (κ2) is 7.99. The van der Waals surface area contributed by atoms with Crippen LogP contribution in [0, 0.1) is 11.7 Å². The van der Waals surface area contributed by atoms with E-state index in [1.165, 1.54) is 11.0 Å². The molecule has 37 heavy (non-hydrogen) atoms. The van der Waals surface area contributed by atoms with Gasteiger partial charge in [-0.3, -0.25) is 4.79 Å². The lowest BCUT2D eigenvalue weighted by molar-refractivity contribution is 0.514. The Morgan fingerprint density at radius 2 is 1.97 bits per heavy atom. The van der Waals surface area contributed by atoms with Crippen LogP contribution in [0.1, 0.15) is 29.9 Å². The van der Waals surface area contributed by atoms with Gasteiger partial charge in [0.05, 0.1) is 34.3 Å². The normalized spacial score (nSPS) is 19.6. The van der Waals surface area contributed by atoms with Crippen molar-refractivity contribution in [2.24, 2.45) is 5.92 Å². The summed E-state index contributed by atoms with van der Waals surface area (Å²) in [6.45, 7) is 0. The maximum atomic E-state index is 14.8. The average Bonchev–Trinajstić information content (AvgIpc) is 3.23. The number of nitrogens with two attached hydrogens (primary N) is 1. The average molecular weight is 535 g/mol. The van der Waals surface area contributed by atoms with E-state index in [0.717, 1.165) is 23.2 Å². The lowest BCUT2D eigenvalue weighted by atomic mass is 10.0. The van der Waals surface area contributed by atoms with Gasteiger partial charge in [0, 0.05) is 33.8 Å². The number of halogens is 3. The van der Waals surface area contributed by atoms with E-state index >= 15 is 0 Å². The number of rotatable bonds is 4. The van der Waals surface area contributed by atoms with Crippen LogP contribution < -0.4 is 11.3 Å².